The predicted octanol–water partition coefficient (Wildman–Crippen LogP) is 3.38. The van der Waals surface area contributed by atoms with Crippen LogP contribution in [0, 0.1) is 5.41 Å². The first-order valence-corrected chi connectivity index (χ1v) is 7.58. The number of amides is 1. The van der Waals surface area contributed by atoms with E-state index in [1.807, 2.05) is 11.4 Å². The lowest BCUT2D eigenvalue weighted by Gasteiger charge is -2.41. The van der Waals surface area contributed by atoms with E-state index in [-0.39, 0.29) is 5.91 Å². The molecule has 100 valence electrons. The van der Waals surface area contributed by atoms with Gasteiger partial charge in [-0.2, -0.15) is 0 Å². The van der Waals surface area contributed by atoms with Gasteiger partial charge in [-0.15, -0.1) is 11.3 Å². The summed E-state index contributed by atoms with van der Waals surface area (Å²) < 4.78 is 0. The third-order valence-corrected chi connectivity index (χ3v) is 4.93. The number of anilines is 1. The van der Waals surface area contributed by atoms with E-state index in [9.17, 15) is 4.79 Å². The van der Waals surface area contributed by atoms with Gasteiger partial charge in [-0.05, 0) is 36.1 Å². The van der Waals surface area contributed by atoms with E-state index in [1.165, 1.54) is 30.6 Å². The van der Waals surface area contributed by atoms with Crippen LogP contribution in [-0.2, 0) is 11.3 Å². The highest BCUT2D eigenvalue weighted by Crippen LogP contribution is 2.43. The van der Waals surface area contributed by atoms with Crippen molar-refractivity contribution in [3.05, 3.63) is 16.3 Å². The molecule has 0 aromatic carbocycles. The Morgan fingerprint density at radius 3 is 2.83 bits per heavy atom. The number of thiophene rings is 1. The SMILES string of the molecule is CCC1(CNCc2sccc2NC(C)=O)CCC1. The zero-order valence-corrected chi connectivity index (χ0v) is 12.0. The molecule has 2 N–H and O–H groups in total. The highest BCUT2D eigenvalue weighted by atomic mass is 32.1. The summed E-state index contributed by atoms with van der Waals surface area (Å²) in [6, 6.07) is 1.97. The Balaban J connectivity index is 1.83. The summed E-state index contributed by atoms with van der Waals surface area (Å²) in [5.41, 5.74) is 1.50. The molecule has 0 bridgehead atoms. The van der Waals surface area contributed by atoms with Crippen LogP contribution in [0.3, 0.4) is 0 Å². The van der Waals surface area contributed by atoms with Crippen molar-refractivity contribution in [2.75, 3.05) is 11.9 Å². The third kappa shape index (κ3) is 3.12. The lowest BCUT2D eigenvalue weighted by molar-refractivity contribution is -0.114. The Bertz CT molecular complexity index is 404. The van der Waals surface area contributed by atoms with Crippen LogP contribution < -0.4 is 10.6 Å². The largest absolute Gasteiger partial charge is 0.325 e. The Labute approximate surface area is 113 Å². The fourth-order valence-electron chi connectivity index (χ4n) is 2.55. The van der Waals surface area contributed by atoms with Gasteiger partial charge in [0.2, 0.25) is 5.91 Å². The van der Waals surface area contributed by atoms with E-state index in [0.29, 0.717) is 5.41 Å². The van der Waals surface area contributed by atoms with Crippen LogP contribution in [0.2, 0.25) is 0 Å². The van der Waals surface area contributed by atoms with E-state index in [4.69, 9.17) is 0 Å². The number of carbonyl (C=O) groups excluding carboxylic acids is 1. The molecular weight excluding hydrogens is 244 g/mol. The highest BCUT2D eigenvalue weighted by molar-refractivity contribution is 7.10. The van der Waals surface area contributed by atoms with Crippen molar-refractivity contribution in [1.29, 1.82) is 0 Å². The van der Waals surface area contributed by atoms with Gasteiger partial charge in [-0.3, -0.25) is 4.79 Å². The van der Waals surface area contributed by atoms with Crippen molar-refractivity contribution in [3.63, 3.8) is 0 Å². The summed E-state index contributed by atoms with van der Waals surface area (Å²) >= 11 is 1.70. The zero-order valence-electron chi connectivity index (χ0n) is 11.2. The lowest BCUT2D eigenvalue weighted by Crippen LogP contribution is -2.39. The molecule has 1 aromatic heterocycles. The second kappa shape index (κ2) is 5.85. The van der Waals surface area contributed by atoms with Crippen LogP contribution in [0.25, 0.3) is 0 Å². The van der Waals surface area contributed by atoms with E-state index >= 15 is 0 Å². The normalized spacial score (nSPS) is 17.2. The molecule has 3 nitrogen and oxygen atoms in total. The number of hydrogen-bond acceptors (Lipinski definition) is 3. The topological polar surface area (TPSA) is 41.1 Å². The molecule has 1 amide bonds. The molecule has 1 saturated carbocycles. The summed E-state index contributed by atoms with van der Waals surface area (Å²) in [4.78, 5) is 12.3. The number of rotatable bonds is 6. The van der Waals surface area contributed by atoms with Crippen LogP contribution in [0.5, 0.6) is 0 Å². The van der Waals surface area contributed by atoms with Crippen molar-refractivity contribution in [1.82, 2.24) is 5.32 Å². The molecule has 1 heterocycles. The number of nitrogens with one attached hydrogen (secondary N) is 2. The smallest absolute Gasteiger partial charge is 0.221 e. The van der Waals surface area contributed by atoms with Gasteiger partial charge in [0.05, 0.1) is 5.69 Å². The number of carbonyl (C=O) groups is 1. The fourth-order valence-corrected chi connectivity index (χ4v) is 3.35. The molecule has 4 heteroatoms. The summed E-state index contributed by atoms with van der Waals surface area (Å²) in [6.45, 7) is 5.79. The van der Waals surface area contributed by atoms with Crippen LogP contribution in [0.4, 0.5) is 5.69 Å². The summed E-state index contributed by atoms with van der Waals surface area (Å²) in [5, 5.41) is 8.46. The average molecular weight is 266 g/mol. The summed E-state index contributed by atoms with van der Waals surface area (Å²) in [6.07, 6.45) is 5.37. The lowest BCUT2D eigenvalue weighted by atomic mass is 9.67. The first-order chi connectivity index (χ1) is 8.65. The van der Waals surface area contributed by atoms with Gasteiger partial charge in [-0.1, -0.05) is 13.3 Å². The monoisotopic (exact) mass is 266 g/mol. The van der Waals surface area contributed by atoms with Gasteiger partial charge < -0.3 is 10.6 Å². The second-order valence-corrected chi connectivity index (χ2v) is 6.25. The summed E-state index contributed by atoms with van der Waals surface area (Å²) in [5.74, 6) is -0.00123. The van der Waals surface area contributed by atoms with Gasteiger partial charge in [0, 0.05) is 24.9 Å². The standard InChI is InChI=1S/C14H22N2OS/c1-3-14(6-4-7-14)10-15-9-13-12(5-8-18-13)16-11(2)17/h5,8,15H,3-4,6-7,9-10H2,1-2H3,(H,16,17). The third-order valence-electron chi connectivity index (χ3n) is 4.01. The first kappa shape index (κ1) is 13.6. The molecule has 0 aliphatic heterocycles. The van der Waals surface area contributed by atoms with Gasteiger partial charge in [0.1, 0.15) is 0 Å². The van der Waals surface area contributed by atoms with Gasteiger partial charge in [0.25, 0.3) is 0 Å². The maximum absolute atomic E-state index is 11.1. The molecule has 2 rings (SSSR count). The predicted molar refractivity (Wildman–Crippen MR) is 76.9 cm³/mol. The van der Waals surface area contributed by atoms with Gasteiger partial charge >= 0.3 is 0 Å². The zero-order chi connectivity index (χ0) is 13.0. The second-order valence-electron chi connectivity index (χ2n) is 5.25. The fraction of sp³-hybridized carbons (Fsp3) is 0.643. The minimum absolute atomic E-state index is 0.00123. The molecule has 1 aromatic rings. The molecule has 0 unspecified atom stereocenters. The summed E-state index contributed by atoms with van der Waals surface area (Å²) in [7, 11) is 0. The molecule has 0 atom stereocenters. The Kier molecular flexibility index (Phi) is 4.40. The van der Waals surface area contributed by atoms with Gasteiger partial charge in [-0.25, -0.2) is 0 Å². The quantitative estimate of drug-likeness (QED) is 0.829. The first-order valence-electron chi connectivity index (χ1n) is 6.70. The van der Waals surface area contributed by atoms with Crippen molar-refractivity contribution >= 4 is 22.9 Å². The molecule has 1 fully saturated rings. The minimum Gasteiger partial charge on any atom is -0.325 e. The van der Waals surface area contributed by atoms with E-state index in [0.717, 1.165) is 18.8 Å². The van der Waals surface area contributed by atoms with Crippen molar-refractivity contribution in [2.45, 2.75) is 46.1 Å². The van der Waals surface area contributed by atoms with Crippen molar-refractivity contribution in [2.24, 2.45) is 5.41 Å². The molecule has 1 aliphatic carbocycles. The van der Waals surface area contributed by atoms with Crippen LogP contribution in [0.1, 0.15) is 44.4 Å². The van der Waals surface area contributed by atoms with Crippen LogP contribution >= 0.6 is 11.3 Å². The maximum Gasteiger partial charge on any atom is 0.221 e. The Hall–Kier alpha value is -0.870. The van der Waals surface area contributed by atoms with Crippen LogP contribution in [-0.4, -0.2) is 12.5 Å². The van der Waals surface area contributed by atoms with E-state index in [1.54, 1.807) is 18.3 Å². The van der Waals surface area contributed by atoms with E-state index < -0.39 is 0 Å². The van der Waals surface area contributed by atoms with Crippen molar-refractivity contribution < 1.29 is 4.79 Å². The van der Waals surface area contributed by atoms with Gasteiger partial charge in [0.15, 0.2) is 0 Å². The van der Waals surface area contributed by atoms with E-state index in [2.05, 4.69) is 17.6 Å². The minimum atomic E-state index is -0.00123. The number of hydrogen-bond donors (Lipinski definition) is 2. The Morgan fingerprint density at radius 2 is 2.28 bits per heavy atom. The molecule has 0 radical (unpaired) electrons. The molecule has 0 spiro atoms. The van der Waals surface area contributed by atoms with Crippen LogP contribution in [0.15, 0.2) is 11.4 Å². The average Bonchev–Trinajstić information content (AvgIpc) is 2.69. The molecule has 0 saturated heterocycles. The van der Waals surface area contributed by atoms with Crippen molar-refractivity contribution in [3.8, 4) is 0 Å². The Morgan fingerprint density at radius 1 is 1.50 bits per heavy atom. The molecule has 1 aliphatic rings. The maximum atomic E-state index is 11.1. The highest BCUT2D eigenvalue weighted by Gasteiger charge is 2.34. The molecule has 18 heavy (non-hydrogen) atoms. The molecular formula is C14H22N2OS.